The molecule has 0 spiro atoms. The van der Waals surface area contributed by atoms with Gasteiger partial charge in [0.15, 0.2) is 0 Å². The zero-order chi connectivity index (χ0) is 20.6. The molecule has 4 rings (SSSR count). The summed E-state index contributed by atoms with van der Waals surface area (Å²) in [4.78, 5) is 6.50. The molecule has 2 aromatic heterocycles. The molecule has 0 atom stereocenters. The number of hydrogen-bond donors (Lipinski definition) is 0. The van der Waals surface area contributed by atoms with E-state index in [9.17, 15) is 4.39 Å². The second-order valence-corrected chi connectivity index (χ2v) is 7.11. The van der Waals surface area contributed by atoms with E-state index in [1.807, 2.05) is 48.7 Å². The average Bonchev–Trinajstić information content (AvgIpc) is 3.27. The van der Waals surface area contributed by atoms with Gasteiger partial charge in [0.05, 0.1) is 12.8 Å². The maximum atomic E-state index is 13.5. The molecule has 0 aliphatic heterocycles. The van der Waals surface area contributed by atoms with Crippen LogP contribution in [0.5, 0.6) is 5.75 Å². The van der Waals surface area contributed by atoms with Gasteiger partial charge in [0.2, 0.25) is 0 Å². The molecule has 0 amide bonds. The van der Waals surface area contributed by atoms with Crippen LogP contribution in [0.1, 0.15) is 22.5 Å². The predicted octanol–water partition coefficient (Wildman–Crippen LogP) is 5.60. The summed E-state index contributed by atoms with van der Waals surface area (Å²) in [6.07, 6.45) is 5.34. The van der Waals surface area contributed by atoms with Crippen LogP contribution in [0.4, 0.5) is 4.39 Å². The van der Waals surface area contributed by atoms with Crippen molar-refractivity contribution in [2.75, 3.05) is 0 Å². The number of hydrogen-bond acceptors (Lipinski definition) is 4. The van der Waals surface area contributed by atoms with Gasteiger partial charge in [0, 0.05) is 31.0 Å². The number of pyridine rings is 1. The van der Waals surface area contributed by atoms with Crippen molar-refractivity contribution in [2.45, 2.75) is 26.2 Å². The fraction of sp³-hybridized carbons (Fsp3) is 0.160. The lowest BCUT2D eigenvalue weighted by Gasteiger charge is -2.23. The third-order valence-electron chi connectivity index (χ3n) is 4.74. The van der Waals surface area contributed by atoms with E-state index in [4.69, 9.17) is 9.15 Å². The van der Waals surface area contributed by atoms with Crippen molar-refractivity contribution in [3.05, 3.63) is 120 Å². The first-order chi connectivity index (χ1) is 14.8. The molecule has 0 bridgehead atoms. The molecule has 2 heterocycles. The molecule has 0 N–H and O–H groups in total. The Balaban J connectivity index is 1.50. The standard InChI is InChI=1S/C25H23FN2O2/c26-23-9-3-6-20(14-23)19-30-25-11-2-1-8-22(25)17-28(18-24-10-5-13-29-24)16-21-7-4-12-27-15-21/h1-15H,16-19H2. The summed E-state index contributed by atoms with van der Waals surface area (Å²) in [5, 5.41) is 0. The van der Waals surface area contributed by atoms with Gasteiger partial charge in [-0.1, -0.05) is 36.4 Å². The van der Waals surface area contributed by atoms with E-state index in [0.29, 0.717) is 19.7 Å². The predicted molar refractivity (Wildman–Crippen MR) is 113 cm³/mol. The topological polar surface area (TPSA) is 38.5 Å². The first-order valence-corrected chi connectivity index (χ1v) is 9.85. The first kappa shape index (κ1) is 19.9. The Morgan fingerprint density at radius 1 is 0.867 bits per heavy atom. The highest BCUT2D eigenvalue weighted by molar-refractivity contribution is 5.34. The van der Waals surface area contributed by atoms with Gasteiger partial charge >= 0.3 is 0 Å². The van der Waals surface area contributed by atoms with E-state index in [0.717, 1.165) is 34.7 Å². The Hall–Kier alpha value is -3.44. The normalized spacial score (nSPS) is 11.0. The average molecular weight is 402 g/mol. The van der Waals surface area contributed by atoms with Crippen molar-refractivity contribution in [3.63, 3.8) is 0 Å². The monoisotopic (exact) mass is 402 g/mol. The zero-order valence-electron chi connectivity index (χ0n) is 16.6. The lowest BCUT2D eigenvalue weighted by atomic mass is 10.1. The molecule has 5 heteroatoms. The quantitative estimate of drug-likeness (QED) is 0.366. The van der Waals surface area contributed by atoms with Crippen LogP contribution < -0.4 is 4.74 Å². The van der Waals surface area contributed by atoms with Gasteiger partial charge in [-0.3, -0.25) is 9.88 Å². The summed E-state index contributed by atoms with van der Waals surface area (Å²) in [5.74, 6) is 1.43. The third kappa shape index (κ3) is 5.55. The smallest absolute Gasteiger partial charge is 0.124 e. The van der Waals surface area contributed by atoms with Gasteiger partial charge < -0.3 is 9.15 Å². The summed E-state index contributed by atoms with van der Waals surface area (Å²) in [7, 11) is 0. The van der Waals surface area contributed by atoms with Gasteiger partial charge in [-0.15, -0.1) is 0 Å². The summed E-state index contributed by atoms with van der Waals surface area (Å²) >= 11 is 0. The second-order valence-electron chi connectivity index (χ2n) is 7.11. The Bertz CT molecular complexity index is 1050. The van der Waals surface area contributed by atoms with E-state index >= 15 is 0 Å². The highest BCUT2D eigenvalue weighted by Gasteiger charge is 2.13. The highest BCUT2D eigenvalue weighted by atomic mass is 19.1. The SMILES string of the molecule is Fc1cccc(COc2ccccc2CN(Cc2cccnc2)Cc2ccco2)c1. The number of para-hydroxylation sites is 1. The summed E-state index contributed by atoms with van der Waals surface area (Å²) in [6.45, 7) is 2.39. The molecule has 4 aromatic rings. The van der Waals surface area contributed by atoms with Crippen LogP contribution in [0.2, 0.25) is 0 Å². The largest absolute Gasteiger partial charge is 0.489 e. The fourth-order valence-corrected chi connectivity index (χ4v) is 3.34. The van der Waals surface area contributed by atoms with Crippen molar-refractivity contribution in [3.8, 4) is 5.75 Å². The molecule has 0 radical (unpaired) electrons. The Morgan fingerprint density at radius 3 is 2.57 bits per heavy atom. The molecule has 0 fully saturated rings. The fourth-order valence-electron chi connectivity index (χ4n) is 3.34. The molecule has 0 aliphatic rings. The van der Waals surface area contributed by atoms with E-state index in [1.165, 1.54) is 12.1 Å². The third-order valence-corrected chi connectivity index (χ3v) is 4.74. The van der Waals surface area contributed by atoms with Gasteiger partial charge in [-0.05, 0) is 47.5 Å². The van der Waals surface area contributed by atoms with Crippen LogP contribution in [-0.4, -0.2) is 9.88 Å². The molecule has 0 saturated heterocycles. The number of benzene rings is 2. The molecular weight excluding hydrogens is 379 g/mol. The minimum atomic E-state index is -0.259. The molecule has 0 saturated carbocycles. The van der Waals surface area contributed by atoms with Crippen molar-refractivity contribution in [2.24, 2.45) is 0 Å². The molecule has 2 aromatic carbocycles. The van der Waals surface area contributed by atoms with Crippen LogP contribution in [0, 0.1) is 5.82 Å². The van der Waals surface area contributed by atoms with Gasteiger partial charge in [-0.25, -0.2) is 4.39 Å². The molecule has 0 aliphatic carbocycles. The van der Waals surface area contributed by atoms with Gasteiger partial charge in [0.1, 0.15) is 23.9 Å². The Labute approximate surface area is 175 Å². The zero-order valence-corrected chi connectivity index (χ0v) is 16.6. The van der Waals surface area contributed by atoms with E-state index in [2.05, 4.69) is 22.0 Å². The van der Waals surface area contributed by atoms with Crippen molar-refractivity contribution in [1.82, 2.24) is 9.88 Å². The Morgan fingerprint density at radius 2 is 1.77 bits per heavy atom. The molecular formula is C25H23FN2O2. The number of nitrogens with zero attached hydrogens (tertiary/aromatic N) is 2. The lowest BCUT2D eigenvalue weighted by Crippen LogP contribution is -2.22. The molecule has 152 valence electrons. The molecule has 0 unspecified atom stereocenters. The summed E-state index contributed by atoms with van der Waals surface area (Å²) in [6, 6.07) is 22.3. The molecule has 4 nitrogen and oxygen atoms in total. The number of aromatic nitrogens is 1. The van der Waals surface area contributed by atoms with Gasteiger partial charge in [0.25, 0.3) is 0 Å². The lowest BCUT2D eigenvalue weighted by molar-refractivity contribution is 0.220. The highest BCUT2D eigenvalue weighted by Crippen LogP contribution is 2.23. The maximum absolute atomic E-state index is 13.5. The van der Waals surface area contributed by atoms with Crippen LogP contribution in [0.3, 0.4) is 0 Å². The van der Waals surface area contributed by atoms with Crippen LogP contribution in [0.15, 0.2) is 95.9 Å². The second kappa shape index (κ2) is 9.85. The minimum Gasteiger partial charge on any atom is -0.489 e. The van der Waals surface area contributed by atoms with Gasteiger partial charge in [-0.2, -0.15) is 0 Å². The Kier molecular flexibility index (Phi) is 6.52. The van der Waals surface area contributed by atoms with E-state index < -0.39 is 0 Å². The van der Waals surface area contributed by atoms with Crippen molar-refractivity contribution in [1.29, 1.82) is 0 Å². The van der Waals surface area contributed by atoms with E-state index in [-0.39, 0.29) is 5.82 Å². The van der Waals surface area contributed by atoms with Crippen LogP contribution >= 0.6 is 0 Å². The number of ether oxygens (including phenoxy) is 1. The number of rotatable bonds is 9. The minimum absolute atomic E-state index is 0.259. The maximum Gasteiger partial charge on any atom is 0.124 e. The molecule has 30 heavy (non-hydrogen) atoms. The van der Waals surface area contributed by atoms with E-state index in [1.54, 1.807) is 18.5 Å². The van der Waals surface area contributed by atoms with Crippen molar-refractivity contribution >= 4 is 0 Å². The van der Waals surface area contributed by atoms with Crippen molar-refractivity contribution < 1.29 is 13.5 Å². The summed E-state index contributed by atoms with van der Waals surface area (Å²) in [5.41, 5.74) is 2.99. The summed E-state index contributed by atoms with van der Waals surface area (Å²) < 4.78 is 25.1. The van der Waals surface area contributed by atoms with Crippen LogP contribution in [0.25, 0.3) is 0 Å². The van der Waals surface area contributed by atoms with Crippen LogP contribution in [-0.2, 0) is 26.2 Å². The number of furan rings is 1. The first-order valence-electron chi connectivity index (χ1n) is 9.85. The number of halogens is 1.